The molecule has 0 bridgehead atoms. The van der Waals surface area contributed by atoms with Crippen molar-refractivity contribution in [3.63, 3.8) is 0 Å². The molecule has 0 unspecified atom stereocenters. The number of hydrogen-bond acceptors (Lipinski definition) is 4. The van der Waals surface area contributed by atoms with Gasteiger partial charge in [-0.15, -0.1) is 11.3 Å². The van der Waals surface area contributed by atoms with Crippen LogP contribution < -0.4 is 5.32 Å². The fraction of sp³-hybridized carbons (Fsp3) is 0.600. The van der Waals surface area contributed by atoms with Gasteiger partial charge in [0.15, 0.2) is 0 Å². The van der Waals surface area contributed by atoms with Gasteiger partial charge in [-0.25, -0.2) is 4.98 Å². The lowest BCUT2D eigenvalue weighted by Gasteiger charge is -2.24. The summed E-state index contributed by atoms with van der Waals surface area (Å²) in [6, 6.07) is 4.45. The van der Waals surface area contributed by atoms with E-state index in [4.69, 9.17) is 4.98 Å². The minimum absolute atomic E-state index is 0.0732. The summed E-state index contributed by atoms with van der Waals surface area (Å²) in [5, 5.41) is 5.20. The van der Waals surface area contributed by atoms with Crippen LogP contribution in [0.1, 0.15) is 66.8 Å². The lowest BCUT2D eigenvalue weighted by Crippen LogP contribution is -2.38. The molecule has 1 aliphatic heterocycles. The van der Waals surface area contributed by atoms with Gasteiger partial charge in [-0.05, 0) is 63.4 Å². The smallest absolute Gasteiger partial charge is 0.234 e. The van der Waals surface area contributed by atoms with E-state index in [0.29, 0.717) is 6.54 Å². The van der Waals surface area contributed by atoms with Crippen LogP contribution in [-0.4, -0.2) is 33.4 Å². The predicted octanol–water partition coefficient (Wildman–Crippen LogP) is 3.37. The first-order chi connectivity index (χ1) is 12.6. The molecule has 140 valence electrons. The zero-order chi connectivity index (χ0) is 18.1. The first kappa shape index (κ1) is 17.7. The highest BCUT2D eigenvalue weighted by Crippen LogP contribution is 2.33. The number of carbonyl (C=O) groups is 1. The molecular formula is C20H28N4OS. The largest absolute Gasteiger partial charge is 0.348 e. The zero-order valence-corrected chi connectivity index (χ0v) is 16.5. The third-order valence-electron chi connectivity index (χ3n) is 5.76. The Morgan fingerprint density at radius 1 is 1.38 bits per heavy atom. The molecule has 1 N–H and O–H groups in total. The van der Waals surface area contributed by atoms with Crippen molar-refractivity contribution in [2.45, 2.75) is 57.5 Å². The van der Waals surface area contributed by atoms with Crippen molar-refractivity contribution < 1.29 is 4.79 Å². The first-order valence-corrected chi connectivity index (χ1v) is 10.6. The molecule has 6 heteroatoms. The van der Waals surface area contributed by atoms with Gasteiger partial charge in [0.2, 0.25) is 5.91 Å². The van der Waals surface area contributed by atoms with E-state index in [1.807, 2.05) is 6.07 Å². The van der Waals surface area contributed by atoms with Crippen LogP contribution in [0.3, 0.4) is 0 Å². The Kier molecular flexibility index (Phi) is 5.14. The van der Waals surface area contributed by atoms with Crippen LogP contribution in [-0.2, 0) is 24.7 Å². The number of nitrogens with one attached hydrogen (secondary N) is 1. The van der Waals surface area contributed by atoms with Gasteiger partial charge in [-0.2, -0.15) is 0 Å². The van der Waals surface area contributed by atoms with Crippen LogP contribution in [0, 0.1) is 0 Å². The Labute approximate surface area is 159 Å². The lowest BCUT2D eigenvalue weighted by molar-refractivity contribution is -0.123. The molecule has 3 heterocycles. The molecule has 5 nitrogen and oxygen atoms in total. The molecule has 2 aliphatic rings. The maximum atomic E-state index is 12.6. The van der Waals surface area contributed by atoms with Gasteiger partial charge in [-0.1, -0.05) is 6.07 Å². The van der Waals surface area contributed by atoms with Crippen LogP contribution in [0.5, 0.6) is 0 Å². The van der Waals surface area contributed by atoms with Gasteiger partial charge in [-0.3, -0.25) is 9.69 Å². The topological polar surface area (TPSA) is 50.2 Å². The SMILES string of the molecule is C[C@H](NC(=O)CN1CCC[C@H]1c1nc2c(n1C)CCCC2)c1cccs1. The number of amides is 1. The first-order valence-electron chi connectivity index (χ1n) is 9.74. The third kappa shape index (κ3) is 3.45. The van der Waals surface area contributed by atoms with E-state index in [0.717, 1.165) is 38.1 Å². The molecule has 2 atom stereocenters. The molecular weight excluding hydrogens is 344 g/mol. The molecule has 1 aliphatic carbocycles. The standard InChI is InChI=1S/C20H28N4OS/c1-14(18-10-6-12-26-18)21-19(25)13-24-11-5-9-17(24)20-22-15-7-3-4-8-16(15)23(20)2/h6,10,12,14,17H,3-5,7-9,11,13H2,1-2H3,(H,21,25)/t14-,17-/m0/s1. The number of fused-ring (bicyclic) bond motifs is 1. The molecule has 26 heavy (non-hydrogen) atoms. The van der Waals surface area contributed by atoms with Gasteiger partial charge in [0.05, 0.1) is 24.3 Å². The molecule has 0 aromatic carbocycles. The van der Waals surface area contributed by atoms with Crippen LogP contribution in [0.15, 0.2) is 17.5 Å². The summed E-state index contributed by atoms with van der Waals surface area (Å²) in [6.07, 6.45) is 7.00. The molecule has 0 spiro atoms. The van der Waals surface area contributed by atoms with E-state index in [9.17, 15) is 4.79 Å². The fourth-order valence-corrected chi connectivity index (χ4v) is 5.13. The Morgan fingerprint density at radius 3 is 3.00 bits per heavy atom. The molecule has 2 aromatic heterocycles. The highest BCUT2D eigenvalue weighted by atomic mass is 32.1. The van der Waals surface area contributed by atoms with Crippen LogP contribution >= 0.6 is 11.3 Å². The summed E-state index contributed by atoms with van der Waals surface area (Å²) in [5.74, 6) is 1.27. The summed E-state index contributed by atoms with van der Waals surface area (Å²) in [7, 11) is 2.15. The van der Waals surface area contributed by atoms with Crippen LogP contribution in [0.4, 0.5) is 0 Å². The monoisotopic (exact) mass is 372 g/mol. The number of aryl methyl sites for hydroxylation is 1. The zero-order valence-electron chi connectivity index (χ0n) is 15.7. The minimum Gasteiger partial charge on any atom is -0.348 e. The lowest BCUT2D eigenvalue weighted by atomic mass is 10.0. The van der Waals surface area contributed by atoms with Crippen molar-refractivity contribution in [1.29, 1.82) is 0 Å². The Balaban J connectivity index is 1.44. The van der Waals surface area contributed by atoms with E-state index in [2.05, 4.69) is 40.2 Å². The molecule has 1 amide bonds. The van der Waals surface area contributed by atoms with E-state index in [1.54, 1.807) is 11.3 Å². The van der Waals surface area contributed by atoms with Gasteiger partial charge in [0.1, 0.15) is 5.82 Å². The molecule has 0 radical (unpaired) electrons. The number of hydrogen-bond donors (Lipinski definition) is 1. The number of likely N-dealkylation sites (tertiary alicyclic amines) is 1. The van der Waals surface area contributed by atoms with Crippen molar-refractivity contribution in [1.82, 2.24) is 19.8 Å². The maximum Gasteiger partial charge on any atom is 0.234 e. The molecule has 0 saturated carbocycles. The second-order valence-electron chi connectivity index (χ2n) is 7.56. The summed E-state index contributed by atoms with van der Waals surface area (Å²) in [4.78, 5) is 21.1. The minimum atomic E-state index is 0.0732. The Morgan fingerprint density at radius 2 is 2.23 bits per heavy atom. The number of nitrogens with zero attached hydrogens (tertiary/aromatic N) is 3. The average molecular weight is 373 g/mol. The van der Waals surface area contributed by atoms with E-state index in [-0.39, 0.29) is 18.0 Å². The van der Waals surface area contributed by atoms with Crippen LogP contribution in [0.2, 0.25) is 0 Å². The van der Waals surface area contributed by atoms with Gasteiger partial charge in [0, 0.05) is 17.6 Å². The number of thiophene rings is 1. The third-order valence-corrected chi connectivity index (χ3v) is 6.82. The van der Waals surface area contributed by atoms with Crippen LogP contribution in [0.25, 0.3) is 0 Å². The number of aromatic nitrogens is 2. The van der Waals surface area contributed by atoms with Crippen molar-refractivity contribution in [2.75, 3.05) is 13.1 Å². The quantitative estimate of drug-likeness (QED) is 0.875. The predicted molar refractivity (Wildman–Crippen MR) is 104 cm³/mol. The molecule has 2 aromatic rings. The summed E-state index contributed by atoms with van der Waals surface area (Å²) in [5.41, 5.74) is 2.70. The number of carbonyl (C=O) groups excluding carboxylic acids is 1. The summed E-state index contributed by atoms with van der Waals surface area (Å²) < 4.78 is 2.31. The van der Waals surface area contributed by atoms with Crippen molar-refractivity contribution in [3.8, 4) is 0 Å². The van der Waals surface area contributed by atoms with Gasteiger partial charge < -0.3 is 9.88 Å². The highest BCUT2D eigenvalue weighted by molar-refractivity contribution is 7.10. The van der Waals surface area contributed by atoms with Gasteiger partial charge >= 0.3 is 0 Å². The maximum absolute atomic E-state index is 12.6. The molecule has 4 rings (SSSR count). The van der Waals surface area contributed by atoms with Crippen molar-refractivity contribution in [2.24, 2.45) is 7.05 Å². The highest BCUT2D eigenvalue weighted by Gasteiger charge is 2.32. The van der Waals surface area contributed by atoms with E-state index in [1.165, 1.54) is 29.1 Å². The Hall–Kier alpha value is -1.66. The fourth-order valence-electron chi connectivity index (χ4n) is 4.39. The number of imidazole rings is 1. The number of rotatable bonds is 5. The summed E-state index contributed by atoms with van der Waals surface area (Å²) in [6.45, 7) is 3.49. The van der Waals surface area contributed by atoms with Crippen molar-refractivity contribution >= 4 is 17.2 Å². The Bertz CT molecular complexity index is 767. The van der Waals surface area contributed by atoms with E-state index < -0.39 is 0 Å². The van der Waals surface area contributed by atoms with Gasteiger partial charge in [0.25, 0.3) is 0 Å². The molecule has 1 saturated heterocycles. The second kappa shape index (κ2) is 7.53. The van der Waals surface area contributed by atoms with E-state index >= 15 is 0 Å². The second-order valence-corrected chi connectivity index (χ2v) is 8.54. The normalized spacial score (nSPS) is 21.5. The van der Waals surface area contributed by atoms with Crippen molar-refractivity contribution in [3.05, 3.63) is 39.6 Å². The average Bonchev–Trinajstić information content (AvgIpc) is 3.36. The molecule has 1 fully saturated rings. The summed E-state index contributed by atoms with van der Waals surface area (Å²) >= 11 is 1.69.